The summed E-state index contributed by atoms with van der Waals surface area (Å²) in [4.78, 5) is 0. The molecule has 1 aromatic heterocycles. The van der Waals surface area contributed by atoms with Gasteiger partial charge in [-0.15, -0.1) is 0 Å². The highest BCUT2D eigenvalue weighted by molar-refractivity contribution is 5.23. The highest BCUT2D eigenvalue weighted by atomic mass is 16.5. The maximum Gasteiger partial charge on any atom is 0.138 e. The first kappa shape index (κ1) is 7.80. The van der Waals surface area contributed by atoms with Crippen LogP contribution < -0.4 is 5.73 Å². The van der Waals surface area contributed by atoms with Crippen molar-refractivity contribution in [1.29, 1.82) is 0 Å². The third kappa shape index (κ3) is 1.05. The molecule has 12 heavy (non-hydrogen) atoms. The molecule has 0 spiro atoms. The summed E-state index contributed by atoms with van der Waals surface area (Å²) in [6.07, 6.45) is 6.34. The van der Waals surface area contributed by atoms with Gasteiger partial charge in [0.25, 0.3) is 0 Å². The largest absolute Gasteiger partial charge is 0.361 e. The second-order valence-electron chi connectivity index (χ2n) is 3.66. The quantitative estimate of drug-likeness (QED) is 0.691. The van der Waals surface area contributed by atoms with Crippen LogP contribution >= 0.6 is 0 Å². The van der Waals surface area contributed by atoms with Crippen LogP contribution in [-0.2, 0) is 5.54 Å². The van der Waals surface area contributed by atoms with Crippen LogP contribution in [0.4, 0.5) is 0 Å². The van der Waals surface area contributed by atoms with E-state index >= 15 is 0 Å². The molecular formula is C9H14N2O. The van der Waals surface area contributed by atoms with Gasteiger partial charge in [-0.3, -0.25) is 0 Å². The van der Waals surface area contributed by atoms with E-state index in [0.29, 0.717) is 0 Å². The monoisotopic (exact) mass is 166 g/mol. The molecule has 0 unspecified atom stereocenters. The Morgan fingerprint density at radius 1 is 1.50 bits per heavy atom. The molecule has 2 N–H and O–H groups in total. The van der Waals surface area contributed by atoms with Crippen molar-refractivity contribution in [3.63, 3.8) is 0 Å². The first-order chi connectivity index (χ1) is 5.72. The minimum Gasteiger partial charge on any atom is -0.361 e. The topological polar surface area (TPSA) is 52.0 Å². The van der Waals surface area contributed by atoms with E-state index in [0.717, 1.165) is 24.2 Å². The van der Waals surface area contributed by atoms with E-state index in [2.05, 4.69) is 5.16 Å². The van der Waals surface area contributed by atoms with Crippen LogP contribution in [0.15, 0.2) is 10.7 Å². The number of hydrogen-bond donors (Lipinski definition) is 1. The number of nitrogens with two attached hydrogens (primary N) is 1. The van der Waals surface area contributed by atoms with Crippen molar-refractivity contribution in [3.05, 3.63) is 17.5 Å². The summed E-state index contributed by atoms with van der Waals surface area (Å²) < 4.78 is 5.01. The van der Waals surface area contributed by atoms with Crippen LogP contribution in [0.3, 0.4) is 0 Å². The van der Waals surface area contributed by atoms with Crippen molar-refractivity contribution in [2.24, 2.45) is 5.73 Å². The van der Waals surface area contributed by atoms with Crippen molar-refractivity contribution in [1.82, 2.24) is 5.16 Å². The predicted octanol–water partition coefficient (Wildman–Crippen LogP) is 1.71. The van der Waals surface area contributed by atoms with Crippen LogP contribution in [0.2, 0.25) is 0 Å². The molecule has 66 valence electrons. The summed E-state index contributed by atoms with van der Waals surface area (Å²) in [7, 11) is 0. The van der Waals surface area contributed by atoms with Crippen molar-refractivity contribution in [2.75, 3.05) is 0 Å². The van der Waals surface area contributed by atoms with Crippen molar-refractivity contribution in [3.8, 4) is 0 Å². The van der Waals surface area contributed by atoms with Gasteiger partial charge < -0.3 is 10.3 Å². The summed E-state index contributed by atoms with van der Waals surface area (Å²) in [5.41, 5.74) is 7.17. The van der Waals surface area contributed by atoms with Crippen LogP contribution in [0.25, 0.3) is 0 Å². The van der Waals surface area contributed by atoms with E-state index in [1.807, 2.05) is 6.92 Å². The van der Waals surface area contributed by atoms with E-state index in [9.17, 15) is 0 Å². The second kappa shape index (κ2) is 2.59. The van der Waals surface area contributed by atoms with E-state index in [1.54, 1.807) is 6.20 Å². The first-order valence-electron chi connectivity index (χ1n) is 4.43. The summed E-state index contributed by atoms with van der Waals surface area (Å²) in [6.45, 7) is 1.93. The van der Waals surface area contributed by atoms with Gasteiger partial charge in [-0.05, 0) is 19.8 Å². The van der Waals surface area contributed by atoms with Gasteiger partial charge in [0.15, 0.2) is 0 Å². The molecule has 1 aromatic rings. The average Bonchev–Trinajstić information content (AvgIpc) is 2.59. The summed E-state index contributed by atoms with van der Waals surface area (Å²) in [5, 5.41) is 3.76. The SMILES string of the molecule is Cc1oncc1C1(N)CCCC1. The number of rotatable bonds is 1. The number of aryl methyl sites for hydroxylation is 1. The molecule has 0 amide bonds. The van der Waals surface area contributed by atoms with Crippen LogP contribution in [0.1, 0.15) is 37.0 Å². The van der Waals surface area contributed by atoms with Gasteiger partial charge in [0, 0.05) is 11.1 Å². The van der Waals surface area contributed by atoms with Crippen molar-refractivity contribution < 1.29 is 4.52 Å². The van der Waals surface area contributed by atoms with Crippen LogP contribution in [0, 0.1) is 6.92 Å². The Kier molecular flexibility index (Phi) is 1.68. The Hall–Kier alpha value is -0.830. The van der Waals surface area contributed by atoms with Gasteiger partial charge in [0.05, 0.1) is 6.20 Å². The molecule has 0 aliphatic heterocycles. The van der Waals surface area contributed by atoms with Crippen LogP contribution in [0.5, 0.6) is 0 Å². The molecule has 0 saturated heterocycles. The summed E-state index contributed by atoms with van der Waals surface area (Å²) >= 11 is 0. The molecule has 1 fully saturated rings. The van der Waals surface area contributed by atoms with Gasteiger partial charge in [-0.25, -0.2) is 0 Å². The third-order valence-corrected chi connectivity index (χ3v) is 2.78. The Morgan fingerprint density at radius 2 is 2.17 bits per heavy atom. The second-order valence-corrected chi connectivity index (χ2v) is 3.66. The molecule has 0 bridgehead atoms. The zero-order valence-corrected chi connectivity index (χ0v) is 7.34. The standard InChI is InChI=1S/C9H14N2O/c1-7-8(6-11-12-7)9(10)4-2-3-5-9/h6H,2-5,10H2,1H3. The zero-order valence-electron chi connectivity index (χ0n) is 7.34. The molecule has 0 aromatic carbocycles. The molecule has 0 atom stereocenters. The molecule has 3 heteroatoms. The third-order valence-electron chi connectivity index (χ3n) is 2.78. The smallest absolute Gasteiger partial charge is 0.138 e. The van der Waals surface area contributed by atoms with E-state index in [-0.39, 0.29) is 5.54 Å². The minimum absolute atomic E-state index is 0.149. The average molecular weight is 166 g/mol. The van der Waals surface area contributed by atoms with E-state index in [1.165, 1.54) is 12.8 Å². The minimum atomic E-state index is -0.149. The molecule has 1 saturated carbocycles. The number of aromatic nitrogens is 1. The Bertz CT molecular complexity index is 274. The fourth-order valence-corrected chi connectivity index (χ4v) is 2.05. The lowest BCUT2D eigenvalue weighted by molar-refractivity contribution is 0.386. The van der Waals surface area contributed by atoms with E-state index < -0.39 is 0 Å². The molecular weight excluding hydrogens is 152 g/mol. The van der Waals surface area contributed by atoms with Crippen LogP contribution in [-0.4, -0.2) is 5.16 Å². The normalized spacial score (nSPS) is 21.5. The maximum atomic E-state index is 6.23. The Labute approximate surface area is 71.9 Å². The molecule has 1 aliphatic rings. The predicted molar refractivity (Wildman–Crippen MR) is 45.6 cm³/mol. The van der Waals surface area contributed by atoms with Gasteiger partial charge in [0.2, 0.25) is 0 Å². The fraction of sp³-hybridized carbons (Fsp3) is 0.667. The lowest BCUT2D eigenvalue weighted by atomic mass is 9.90. The summed E-state index contributed by atoms with van der Waals surface area (Å²) in [6, 6.07) is 0. The molecule has 1 aliphatic carbocycles. The number of nitrogens with zero attached hydrogens (tertiary/aromatic N) is 1. The van der Waals surface area contributed by atoms with Gasteiger partial charge >= 0.3 is 0 Å². The molecule has 3 nitrogen and oxygen atoms in total. The first-order valence-corrected chi connectivity index (χ1v) is 4.43. The van der Waals surface area contributed by atoms with Crippen molar-refractivity contribution in [2.45, 2.75) is 38.1 Å². The number of hydrogen-bond acceptors (Lipinski definition) is 3. The van der Waals surface area contributed by atoms with Gasteiger partial charge in [0.1, 0.15) is 5.76 Å². The lowest BCUT2D eigenvalue weighted by Gasteiger charge is -2.21. The van der Waals surface area contributed by atoms with Crippen molar-refractivity contribution >= 4 is 0 Å². The zero-order chi connectivity index (χ0) is 8.60. The summed E-state index contributed by atoms with van der Waals surface area (Å²) in [5.74, 6) is 0.874. The lowest BCUT2D eigenvalue weighted by Crippen LogP contribution is -2.33. The van der Waals surface area contributed by atoms with Gasteiger partial charge in [-0.2, -0.15) is 0 Å². The molecule has 2 rings (SSSR count). The highest BCUT2D eigenvalue weighted by Gasteiger charge is 2.34. The highest BCUT2D eigenvalue weighted by Crippen LogP contribution is 2.37. The Balaban J connectivity index is 2.34. The van der Waals surface area contributed by atoms with Gasteiger partial charge in [-0.1, -0.05) is 18.0 Å². The fourth-order valence-electron chi connectivity index (χ4n) is 2.05. The molecule has 1 heterocycles. The van der Waals surface area contributed by atoms with E-state index in [4.69, 9.17) is 10.3 Å². The Morgan fingerprint density at radius 3 is 2.67 bits per heavy atom. The molecule has 0 radical (unpaired) electrons. The maximum absolute atomic E-state index is 6.23.